The number of alkyl carbamates (subject to hydrolysis) is 1. The Bertz CT molecular complexity index is 4500. The molecule has 0 bridgehead atoms. The van der Waals surface area contributed by atoms with Crippen molar-refractivity contribution < 1.29 is 119 Å². The van der Waals surface area contributed by atoms with E-state index in [1.165, 1.54) is 31.4 Å². The molecule has 35 nitrogen and oxygen atoms in total. The van der Waals surface area contributed by atoms with E-state index in [-0.39, 0.29) is 125 Å². The number of amides is 8. The van der Waals surface area contributed by atoms with Gasteiger partial charge in [0.25, 0.3) is 5.56 Å². The number of nitrogens with one attached hydrogen (secondary N) is 8. The quantitative estimate of drug-likeness (QED) is 0.0143. The largest absolute Gasteiger partial charge is 0.460 e. The number of carbonyl (C=O) groups is 10. The Balaban J connectivity index is 0.689. The lowest BCUT2D eigenvalue weighted by Crippen LogP contribution is -2.56. The summed E-state index contributed by atoms with van der Waals surface area (Å²) in [5.74, 6) is -7.01. The van der Waals surface area contributed by atoms with Crippen molar-refractivity contribution in [2.24, 2.45) is 0 Å². The highest BCUT2D eigenvalue weighted by Gasteiger charge is 2.46. The molecule has 2 aliphatic heterocycles. The summed E-state index contributed by atoms with van der Waals surface area (Å²) in [6, 6.07) is 11.5. The second-order valence-electron chi connectivity index (χ2n) is 31.6. The van der Waals surface area contributed by atoms with Crippen molar-refractivity contribution in [3.8, 4) is 22.5 Å². The summed E-state index contributed by atoms with van der Waals surface area (Å²) < 4.78 is 87.9. The number of pyridine rings is 2. The van der Waals surface area contributed by atoms with Crippen molar-refractivity contribution in [1.82, 2.24) is 52.1 Å². The smallest absolute Gasteiger partial charge is 0.407 e. The third kappa shape index (κ3) is 28.3. The topological polar surface area (TPSA) is 442 Å². The van der Waals surface area contributed by atoms with Gasteiger partial charge in [-0.05, 0) is 145 Å². The van der Waals surface area contributed by atoms with Crippen molar-refractivity contribution in [1.29, 1.82) is 0 Å². The van der Waals surface area contributed by atoms with Gasteiger partial charge in [0.2, 0.25) is 41.4 Å². The van der Waals surface area contributed by atoms with E-state index in [2.05, 4.69) is 42.5 Å². The van der Waals surface area contributed by atoms with Gasteiger partial charge in [-0.3, -0.25) is 43.2 Å². The van der Waals surface area contributed by atoms with Crippen LogP contribution in [0.3, 0.4) is 0 Å². The number of methoxy groups -OCH3 is 1. The predicted molar refractivity (Wildman–Crippen MR) is 449 cm³/mol. The number of benzene rings is 3. The van der Waals surface area contributed by atoms with Crippen LogP contribution in [0.25, 0.3) is 33.4 Å². The molecule has 5 aromatic rings. The van der Waals surface area contributed by atoms with Crippen LogP contribution in [-0.4, -0.2) is 262 Å². The van der Waals surface area contributed by atoms with Crippen molar-refractivity contribution in [2.75, 3.05) is 152 Å². The Morgan fingerprint density at radius 1 is 0.605 bits per heavy atom. The number of aromatic nitrogens is 2. The van der Waals surface area contributed by atoms with Crippen LogP contribution in [0.15, 0.2) is 65.5 Å². The Morgan fingerprint density at radius 3 is 1.69 bits per heavy atom. The second-order valence-corrected chi connectivity index (χ2v) is 31.6. The van der Waals surface area contributed by atoms with Crippen LogP contribution < -0.4 is 48.1 Å². The van der Waals surface area contributed by atoms with Gasteiger partial charge in [-0.2, -0.15) is 0 Å². The number of ether oxygens (including phenoxy) is 13. The fourth-order valence-electron chi connectivity index (χ4n) is 14.8. The van der Waals surface area contributed by atoms with Gasteiger partial charge in [-0.1, -0.05) is 55.5 Å². The number of esters is 2. The molecule has 0 unspecified atom stereocenters. The van der Waals surface area contributed by atoms with Crippen LogP contribution in [0.1, 0.15) is 163 Å². The molecule has 0 fully saturated rings. The summed E-state index contributed by atoms with van der Waals surface area (Å²) in [5.41, 5.74) is 3.84. The van der Waals surface area contributed by atoms with Gasteiger partial charge < -0.3 is 114 Å². The molecule has 9 N–H and O–H groups in total. The van der Waals surface area contributed by atoms with E-state index in [0.717, 1.165) is 22.3 Å². The molecule has 0 saturated carbocycles. The normalized spacial score (nSPS) is 16.1. The first-order chi connectivity index (χ1) is 59.6. The summed E-state index contributed by atoms with van der Waals surface area (Å²) >= 11 is 0. The van der Waals surface area contributed by atoms with Gasteiger partial charge >= 0.3 is 18.0 Å². The number of unbranched alkanes of at least 4 members (excludes halogenated alkanes) is 1. The first-order valence-corrected chi connectivity index (χ1v) is 42.5. The molecule has 8 amide bonds. The Hall–Kier alpha value is -9.99. The van der Waals surface area contributed by atoms with E-state index in [1.54, 1.807) is 47.8 Å². The van der Waals surface area contributed by atoms with E-state index in [9.17, 15) is 57.8 Å². The van der Waals surface area contributed by atoms with Crippen LogP contribution in [0.2, 0.25) is 0 Å². The zero-order valence-electron chi connectivity index (χ0n) is 72.4. The van der Waals surface area contributed by atoms with Gasteiger partial charge in [-0.15, -0.1) is 0 Å². The standard InChI is InChI=1S/C88H121FN10O25/c1-10-88(111)66-48-72-78-63(50-99(72)84(108)65(66)52-122-85(88)109)77-68(25-24-58-54(2)67(89)49-71(96-78)76(58)77)97-81(105)57(5)93-79(103)55(3)92-80(104)56(4)94-83(107)70(26-27-75(102)124-87(6,7)8)95-73(100)23-17-29-91-82(106)69(98-86(110)123-51-64-61-20-13-11-18-59(61)60-19-12-14-21-62(60)64)22-15-16-28-90-74(101)53-121-47-46-120-45-44-119-43-42-118-41-40-117-39-38-116-37-36-115-35-34-114-33-32-113-31-30-112-9/h11-14,18-21,48-49,55-57,64,68-70,111H,10,15-17,22-47,50-53H2,1-9H3,(H,90,101)(H,91,106)(H,92,104)(H,93,103)(H,94,107)(H,95,100)(H,97,105)(H,98,110)/t55-,56-,57-,68-,69-,70-,88-/m0/s1. The molecule has 9 rings (SSSR count). The number of carbonyl (C=O) groups excluding carboxylic acids is 10. The summed E-state index contributed by atoms with van der Waals surface area (Å²) in [6.07, 6.45) is -0.149. The van der Waals surface area contributed by atoms with Gasteiger partial charge in [-0.25, -0.2) is 19.0 Å². The summed E-state index contributed by atoms with van der Waals surface area (Å²) in [5, 5.41) is 33.8. The van der Waals surface area contributed by atoms with Crippen molar-refractivity contribution in [2.45, 2.75) is 186 Å². The average Bonchev–Trinajstić information content (AvgIpc) is 1.52. The Labute approximate surface area is 720 Å². The fourth-order valence-corrected chi connectivity index (χ4v) is 14.8. The molecule has 0 radical (unpaired) electrons. The third-order valence-corrected chi connectivity index (χ3v) is 21.4. The number of rotatable bonds is 55. The van der Waals surface area contributed by atoms with Gasteiger partial charge in [0.05, 0.1) is 154 Å². The van der Waals surface area contributed by atoms with Gasteiger partial charge in [0.15, 0.2) is 5.60 Å². The summed E-state index contributed by atoms with van der Waals surface area (Å²) in [7, 11) is 1.62. The minimum atomic E-state index is -2.10. The molecule has 124 heavy (non-hydrogen) atoms. The number of nitrogens with zero attached hydrogens (tertiary/aromatic N) is 2. The first kappa shape index (κ1) is 97.8. The van der Waals surface area contributed by atoms with Crippen LogP contribution in [0.5, 0.6) is 0 Å². The highest BCUT2D eigenvalue weighted by Crippen LogP contribution is 2.47. The van der Waals surface area contributed by atoms with E-state index in [1.807, 2.05) is 48.5 Å². The molecule has 0 spiro atoms. The Kier molecular flexibility index (Phi) is 38.7. The number of hydrogen-bond donors (Lipinski definition) is 9. The lowest BCUT2D eigenvalue weighted by Gasteiger charge is -2.31. The van der Waals surface area contributed by atoms with Crippen molar-refractivity contribution >= 4 is 70.3 Å². The number of hydrogen-bond acceptors (Lipinski definition) is 26. The fraction of sp³-hybridized carbons (Fsp3) is 0.591. The highest BCUT2D eigenvalue weighted by molar-refractivity contribution is 5.97. The molecule has 2 aromatic heterocycles. The number of aliphatic hydroxyl groups is 1. The van der Waals surface area contributed by atoms with Crippen molar-refractivity contribution in [3.05, 3.63) is 121 Å². The third-order valence-electron chi connectivity index (χ3n) is 21.4. The average molecular weight is 1740 g/mol. The summed E-state index contributed by atoms with van der Waals surface area (Å²) in [6.45, 7) is 19.4. The minimum absolute atomic E-state index is 0.00505. The van der Waals surface area contributed by atoms with Crippen LogP contribution in [-0.2, 0) is 130 Å². The van der Waals surface area contributed by atoms with Gasteiger partial charge in [0.1, 0.15) is 61.4 Å². The number of cyclic esters (lactones) is 1. The molecule has 680 valence electrons. The Morgan fingerprint density at radius 2 is 1.13 bits per heavy atom. The number of fused-ring (bicyclic) bond motifs is 8. The van der Waals surface area contributed by atoms with E-state index >= 15 is 4.39 Å². The van der Waals surface area contributed by atoms with E-state index in [4.69, 9.17) is 66.6 Å². The zero-order valence-corrected chi connectivity index (χ0v) is 72.4. The molecule has 2 aliphatic carbocycles. The molecular formula is C88H121FN10O25. The maximum atomic E-state index is 15.6. The van der Waals surface area contributed by atoms with Crippen molar-refractivity contribution in [3.63, 3.8) is 0 Å². The van der Waals surface area contributed by atoms with Crippen LogP contribution >= 0.6 is 0 Å². The second kappa shape index (κ2) is 49.1. The molecule has 3 aromatic carbocycles. The lowest BCUT2D eigenvalue weighted by atomic mass is 9.81. The first-order valence-electron chi connectivity index (χ1n) is 42.5. The van der Waals surface area contributed by atoms with Gasteiger partial charge in [0, 0.05) is 61.5 Å². The maximum Gasteiger partial charge on any atom is 0.407 e. The molecule has 7 atom stereocenters. The molecular weight excluding hydrogens is 1620 g/mol. The maximum absolute atomic E-state index is 15.6. The highest BCUT2D eigenvalue weighted by atomic mass is 19.1. The lowest BCUT2D eigenvalue weighted by molar-refractivity contribution is -0.172. The van der Waals surface area contributed by atoms with Crippen LogP contribution in [0, 0.1) is 12.7 Å². The monoisotopic (exact) mass is 1740 g/mol. The molecule has 0 saturated heterocycles. The van der Waals surface area contributed by atoms with E-state index < -0.39 is 112 Å². The van der Waals surface area contributed by atoms with E-state index in [0.29, 0.717) is 165 Å². The molecule has 4 heterocycles. The SMILES string of the molecule is CC[C@@]1(O)C(=O)OCc2c1cc1n(c2=O)Cc2c-1nc1cc(F)c(C)c3c1c2[C@@H](NC(=O)[C@H](C)NC(=O)[C@H](C)NC(=O)[C@H](C)NC(=O)[C@H](CCC(=O)OC(C)(C)C)NC(=O)CCCNC(=O)[C@H](CCCCNC(=O)COCCOCCOCCOCCOCCOCCOCCOCCOCCOC)NC(=O)OCC1c2ccccc2-c2ccccc21)CC3. The summed E-state index contributed by atoms with van der Waals surface area (Å²) in [4.78, 5) is 155. The molecule has 4 aliphatic rings. The van der Waals surface area contributed by atoms with Crippen LogP contribution in [0.4, 0.5) is 9.18 Å². The predicted octanol–water partition coefficient (Wildman–Crippen LogP) is 4.64. The number of halogens is 1. The minimum Gasteiger partial charge on any atom is -0.460 e. The zero-order chi connectivity index (χ0) is 89.3. The number of aryl methyl sites for hydroxylation is 1. The molecule has 36 heteroatoms.